The minimum Gasteiger partial charge on any atom is -0.326 e. The van der Waals surface area contributed by atoms with E-state index in [0.29, 0.717) is 6.42 Å². The molecule has 2 aliphatic rings. The molecule has 0 spiro atoms. The third-order valence-corrected chi connectivity index (χ3v) is 7.27. The Morgan fingerprint density at radius 1 is 1.09 bits per heavy atom. The van der Waals surface area contributed by atoms with Gasteiger partial charge >= 0.3 is 0 Å². The molecule has 0 saturated heterocycles. The number of aromatic nitrogens is 1. The lowest BCUT2D eigenvalue weighted by atomic mass is 9.95. The van der Waals surface area contributed by atoms with Crippen LogP contribution in [0.4, 0.5) is 5.69 Å². The number of aryl methyl sites for hydroxylation is 1. The summed E-state index contributed by atoms with van der Waals surface area (Å²) in [5.41, 5.74) is 6.25. The fraction of sp³-hybridized carbons (Fsp3) is 0.308. The van der Waals surface area contributed by atoms with Crippen LogP contribution in [-0.2, 0) is 17.0 Å². The van der Waals surface area contributed by atoms with E-state index in [9.17, 15) is 9.59 Å². The first-order chi connectivity index (χ1) is 15.7. The van der Waals surface area contributed by atoms with Crippen LogP contribution in [0.2, 0.25) is 0 Å². The number of rotatable bonds is 5. The molecule has 0 fully saturated rings. The lowest BCUT2D eigenvalue weighted by molar-refractivity contribution is -0.116. The molecule has 0 radical (unpaired) electrons. The van der Waals surface area contributed by atoms with Gasteiger partial charge in [-0.3, -0.25) is 9.59 Å². The first-order valence-electron chi connectivity index (χ1n) is 11.2. The maximum atomic E-state index is 12.7. The van der Waals surface area contributed by atoms with Crippen molar-refractivity contribution in [1.82, 2.24) is 10.3 Å². The second-order valence-corrected chi connectivity index (χ2v) is 9.53. The molecule has 2 aliphatic heterocycles. The summed E-state index contributed by atoms with van der Waals surface area (Å²) in [5, 5.41) is 7.61. The normalized spacial score (nSPS) is 18.1. The van der Waals surface area contributed by atoms with Gasteiger partial charge in [-0.15, -0.1) is 0 Å². The van der Waals surface area contributed by atoms with Crippen LogP contribution in [0.5, 0.6) is 0 Å². The van der Waals surface area contributed by atoms with Crippen LogP contribution >= 0.6 is 11.8 Å². The Morgan fingerprint density at radius 3 is 2.84 bits per heavy atom. The molecule has 6 heteroatoms. The number of anilines is 1. The highest BCUT2D eigenvalue weighted by atomic mass is 32.2. The van der Waals surface area contributed by atoms with Crippen LogP contribution in [0.25, 0.3) is 16.5 Å². The largest absolute Gasteiger partial charge is 0.326 e. The van der Waals surface area contributed by atoms with Crippen LogP contribution in [0, 0.1) is 0 Å². The standard InChI is InChI=1S/C26H27N3O2S/c30-25(9-7-19-14-18(10-12-27-19)17-4-2-1-3-5-17)28-20-6-8-24-22(15-20)21-11-13-32-16-23(21)26(31)29-24/h1-6,8,14-15,19,27H,7,9-13,16H2,(H,28,30)(H,29,31). The molecule has 5 nitrogen and oxygen atoms in total. The smallest absolute Gasteiger partial charge is 0.252 e. The highest BCUT2D eigenvalue weighted by molar-refractivity contribution is 7.98. The van der Waals surface area contributed by atoms with Crippen molar-refractivity contribution in [1.29, 1.82) is 0 Å². The van der Waals surface area contributed by atoms with Gasteiger partial charge in [-0.2, -0.15) is 11.8 Å². The summed E-state index contributed by atoms with van der Waals surface area (Å²) in [5.74, 6) is 1.79. The van der Waals surface area contributed by atoms with E-state index < -0.39 is 0 Å². The van der Waals surface area contributed by atoms with E-state index in [0.717, 1.165) is 65.0 Å². The fourth-order valence-electron chi connectivity index (χ4n) is 4.63. The summed E-state index contributed by atoms with van der Waals surface area (Å²) in [6, 6.07) is 16.4. The van der Waals surface area contributed by atoms with Gasteiger partial charge in [-0.25, -0.2) is 0 Å². The summed E-state index contributed by atoms with van der Waals surface area (Å²) in [7, 11) is 0. The number of aromatic amines is 1. The van der Waals surface area contributed by atoms with Gasteiger partial charge in [0.2, 0.25) is 5.91 Å². The third-order valence-electron chi connectivity index (χ3n) is 6.29. The summed E-state index contributed by atoms with van der Waals surface area (Å²) >= 11 is 1.79. The van der Waals surface area contributed by atoms with E-state index in [-0.39, 0.29) is 17.5 Å². The number of nitrogens with one attached hydrogen (secondary N) is 3. The van der Waals surface area contributed by atoms with Crippen LogP contribution < -0.4 is 16.2 Å². The monoisotopic (exact) mass is 445 g/mol. The number of hydrogen-bond donors (Lipinski definition) is 3. The van der Waals surface area contributed by atoms with Gasteiger partial charge in [-0.05, 0) is 66.5 Å². The molecule has 164 valence electrons. The Kier molecular flexibility index (Phi) is 6.14. The van der Waals surface area contributed by atoms with Gasteiger partial charge in [0.05, 0.1) is 0 Å². The maximum absolute atomic E-state index is 12.7. The number of thioether (sulfide) groups is 1. The highest BCUT2D eigenvalue weighted by Crippen LogP contribution is 2.29. The zero-order valence-corrected chi connectivity index (χ0v) is 18.8. The van der Waals surface area contributed by atoms with E-state index in [4.69, 9.17) is 0 Å². The SMILES string of the molecule is O=C(CCC1C=C(c2ccccc2)CCN1)Nc1ccc2[nH]c(=O)c3c(c2c1)CCSC3. The van der Waals surface area contributed by atoms with E-state index >= 15 is 0 Å². The molecule has 1 aromatic heterocycles. The van der Waals surface area contributed by atoms with Gasteiger partial charge in [0.25, 0.3) is 5.56 Å². The summed E-state index contributed by atoms with van der Waals surface area (Å²) in [4.78, 5) is 28.0. The Hall–Kier alpha value is -2.83. The fourth-order valence-corrected chi connectivity index (χ4v) is 5.63. The molecule has 1 amide bonds. The van der Waals surface area contributed by atoms with Crippen molar-refractivity contribution in [3.05, 3.63) is 81.7 Å². The van der Waals surface area contributed by atoms with Crippen molar-refractivity contribution in [2.24, 2.45) is 0 Å². The molecular formula is C26H27N3O2S. The number of amides is 1. The summed E-state index contributed by atoms with van der Waals surface area (Å²) in [6.45, 7) is 0.930. The first kappa shape index (κ1) is 21.0. The zero-order chi connectivity index (χ0) is 21.9. The number of H-pyrrole nitrogens is 1. The molecule has 5 rings (SSSR count). The minimum atomic E-state index is 0.0133. The van der Waals surface area contributed by atoms with Gasteiger partial charge in [0, 0.05) is 40.4 Å². The summed E-state index contributed by atoms with van der Waals surface area (Å²) < 4.78 is 0. The van der Waals surface area contributed by atoms with Crippen molar-refractivity contribution < 1.29 is 4.79 Å². The van der Waals surface area contributed by atoms with Crippen LogP contribution in [0.1, 0.15) is 36.0 Å². The van der Waals surface area contributed by atoms with Crippen molar-refractivity contribution >= 4 is 39.8 Å². The molecular weight excluding hydrogens is 418 g/mol. The van der Waals surface area contributed by atoms with E-state index in [2.05, 4.69) is 46.0 Å². The predicted octanol–water partition coefficient (Wildman–Crippen LogP) is 4.48. The quantitative estimate of drug-likeness (QED) is 0.541. The van der Waals surface area contributed by atoms with E-state index in [1.165, 1.54) is 11.1 Å². The Morgan fingerprint density at radius 2 is 1.97 bits per heavy atom. The number of carbonyl (C=O) groups is 1. The molecule has 2 aromatic carbocycles. The lowest BCUT2D eigenvalue weighted by Crippen LogP contribution is -2.33. The topological polar surface area (TPSA) is 74.0 Å². The minimum absolute atomic E-state index is 0.0133. The van der Waals surface area contributed by atoms with Crippen molar-refractivity contribution in [3.8, 4) is 0 Å². The van der Waals surface area contributed by atoms with Crippen LogP contribution in [-0.4, -0.2) is 29.2 Å². The van der Waals surface area contributed by atoms with Crippen molar-refractivity contribution in [2.45, 2.75) is 37.5 Å². The van der Waals surface area contributed by atoms with Crippen LogP contribution in [0.3, 0.4) is 0 Å². The molecule has 3 aromatic rings. The number of carbonyl (C=O) groups excluding carboxylic acids is 1. The van der Waals surface area contributed by atoms with E-state index in [1.54, 1.807) is 11.8 Å². The lowest BCUT2D eigenvalue weighted by Gasteiger charge is -2.23. The molecule has 0 aliphatic carbocycles. The number of benzene rings is 2. The average molecular weight is 446 g/mol. The molecule has 32 heavy (non-hydrogen) atoms. The third kappa shape index (κ3) is 4.52. The number of pyridine rings is 1. The van der Waals surface area contributed by atoms with Crippen molar-refractivity contribution in [2.75, 3.05) is 17.6 Å². The number of fused-ring (bicyclic) bond motifs is 3. The number of hydrogen-bond acceptors (Lipinski definition) is 4. The first-order valence-corrected chi connectivity index (χ1v) is 12.4. The molecule has 1 atom stereocenters. The molecule has 3 N–H and O–H groups in total. The Balaban J connectivity index is 1.26. The second kappa shape index (κ2) is 9.35. The van der Waals surface area contributed by atoms with Crippen LogP contribution in [0.15, 0.2) is 59.4 Å². The average Bonchev–Trinajstić information content (AvgIpc) is 2.84. The zero-order valence-electron chi connectivity index (χ0n) is 17.9. The van der Waals surface area contributed by atoms with Gasteiger partial charge < -0.3 is 15.6 Å². The van der Waals surface area contributed by atoms with Gasteiger partial charge in [-0.1, -0.05) is 36.4 Å². The predicted molar refractivity (Wildman–Crippen MR) is 133 cm³/mol. The molecule has 1 unspecified atom stereocenters. The molecule has 0 saturated carbocycles. The van der Waals surface area contributed by atoms with Gasteiger partial charge in [0.1, 0.15) is 0 Å². The Labute approximate surface area is 191 Å². The highest BCUT2D eigenvalue weighted by Gasteiger charge is 2.18. The Bertz CT molecular complexity index is 1230. The molecule has 0 bridgehead atoms. The maximum Gasteiger partial charge on any atom is 0.252 e. The second-order valence-electron chi connectivity index (χ2n) is 8.43. The summed E-state index contributed by atoms with van der Waals surface area (Å²) in [6.07, 6.45) is 5.38. The van der Waals surface area contributed by atoms with Crippen molar-refractivity contribution in [3.63, 3.8) is 0 Å². The van der Waals surface area contributed by atoms with Gasteiger partial charge in [0.15, 0.2) is 0 Å². The van der Waals surface area contributed by atoms with E-state index in [1.807, 2.05) is 24.3 Å². The molecule has 3 heterocycles.